The number of nitrogens with zero attached hydrogens (tertiary/aromatic N) is 2. The highest BCUT2D eigenvalue weighted by atomic mass is 16.5. The predicted molar refractivity (Wildman–Crippen MR) is 118 cm³/mol. The molecule has 0 aliphatic heterocycles. The summed E-state index contributed by atoms with van der Waals surface area (Å²) in [4.78, 5) is 4.52. The van der Waals surface area contributed by atoms with Gasteiger partial charge in [-0.25, -0.2) is 4.98 Å². The summed E-state index contributed by atoms with van der Waals surface area (Å²) in [5.74, 6) is 1.86. The molecule has 1 aromatic heterocycles. The highest BCUT2D eigenvalue weighted by Gasteiger charge is 2.22. The van der Waals surface area contributed by atoms with Gasteiger partial charge in [-0.15, -0.1) is 0 Å². The molecule has 5 heteroatoms. The molecule has 0 unspecified atom stereocenters. The molecule has 0 fully saturated rings. The van der Waals surface area contributed by atoms with Crippen molar-refractivity contribution in [3.8, 4) is 28.7 Å². The monoisotopic (exact) mass is 399 g/mol. The Labute approximate surface area is 177 Å². The fraction of sp³-hybridized carbons (Fsp3) is 0.280. The van der Waals surface area contributed by atoms with E-state index in [0.717, 1.165) is 65.1 Å². The van der Waals surface area contributed by atoms with Crippen LogP contribution in [0.5, 0.6) is 11.5 Å². The van der Waals surface area contributed by atoms with Gasteiger partial charge in [0.15, 0.2) is 0 Å². The third-order valence-corrected chi connectivity index (χ3v) is 5.60. The molecular weight excluding hydrogens is 374 g/mol. The smallest absolute Gasteiger partial charge is 0.142 e. The van der Waals surface area contributed by atoms with Gasteiger partial charge < -0.3 is 15.2 Å². The van der Waals surface area contributed by atoms with Gasteiger partial charge >= 0.3 is 0 Å². The average molecular weight is 399 g/mol. The lowest BCUT2D eigenvalue weighted by molar-refractivity contribution is 0.296. The second-order valence-electron chi connectivity index (χ2n) is 7.62. The fourth-order valence-corrected chi connectivity index (χ4v) is 4.04. The normalized spacial score (nSPS) is 12.7. The first-order valence-electron chi connectivity index (χ1n) is 10.2. The zero-order valence-electron chi connectivity index (χ0n) is 17.4. The number of aryl methyl sites for hydroxylation is 2. The molecule has 0 saturated heterocycles. The Hall–Kier alpha value is -3.52. The first-order chi connectivity index (χ1) is 14.6. The molecular formula is C25H25N3O2. The van der Waals surface area contributed by atoms with Crippen molar-refractivity contribution < 1.29 is 9.47 Å². The van der Waals surface area contributed by atoms with E-state index >= 15 is 0 Å². The van der Waals surface area contributed by atoms with Crippen molar-refractivity contribution in [3.63, 3.8) is 0 Å². The van der Waals surface area contributed by atoms with E-state index in [0.29, 0.717) is 18.0 Å². The summed E-state index contributed by atoms with van der Waals surface area (Å²) in [6.07, 6.45) is 4.00. The van der Waals surface area contributed by atoms with Gasteiger partial charge in [0.2, 0.25) is 0 Å². The van der Waals surface area contributed by atoms with Crippen LogP contribution in [0.1, 0.15) is 40.8 Å². The largest absolute Gasteiger partial charge is 0.496 e. The minimum atomic E-state index is 0.307. The van der Waals surface area contributed by atoms with Gasteiger partial charge in [0.05, 0.1) is 7.11 Å². The zero-order valence-corrected chi connectivity index (χ0v) is 17.4. The Bertz CT molecular complexity index is 1110. The first kappa shape index (κ1) is 19.8. The van der Waals surface area contributed by atoms with Gasteiger partial charge in [-0.2, -0.15) is 5.26 Å². The summed E-state index contributed by atoms with van der Waals surface area (Å²) in [5.41, 5.74) is 12.7. The summed E-state index contributed by atoms with van der Waals surface area (Å²) >= 11 is 0. The number of ether oxygens (including phenoxy) is 2. The molecule has 2 N–H and O–H groups in total. The average Bonchev–Trinajstić information content (AvgIpc) is 2.77. The number of nitriles is 1. The molecule has 0 amide bonds. The van der Waals surface area contributed by atoms with E-state index in [1.165, 1.54) is 5.56 Å². The Morgan fingerprint density at radius 2 is 1.87 bits per heavy atom. The number of nitrogen functional groups attached to an aromatic ring is 1. The number of rotatable bonds is 5. The fourth-order valence-electron chi connectivity index (χ4n) is 4.04. The molecule has 0 spiro atoms. The quantitative estimate of drug-likeness (QED) is 0.654. The maximum atomic E-state index is 9.79. The van der Waals surface area contributed by atoms with Crippen LogP contribution >= 0.6 is 0 Å². The molecule has 0 saturated carbocycles. The van der Waals surface area contributed by atoms with Crippen LogP contribution in [0.2, 0.25) is 0 Å². The van der Waals surface area contributed by atoms with Gasteiger partial charge in [-0.05, 0) is 68.0 Å². The zero-order chi connectivity index (χ0) is 21.1. The number of aromatic nitrogens is 1. The second kappa shape index (κ2) is 8.46. The van der Waals surface area contributed by atoms with Crippen LogP contribution in [0.25, 0.3) is 11.1 Å². The van der Waals surface area contributed by atoms with Gasteiger partial charge in [0, 0.05) is 16.8 Å². The second-order valence-corrected chi connectivity index (χ2v) is 7.62. The Morgan fingerprint density at radius 3 is 2.60 bits per heavy atom. The van der Waals surface area contributed by atoms with Crippen LogP contribution < -0.4 is 15.2 Å². The van der Waals surface area contributed by atoms with Crippen molar-refractivity contribution in [2.75, 3.05) is 12.8 Å². The van der Waals surface area contributed by atoms with Gasteiger partial charge in [-0.1, -0.05) is 23.8 Å². The van der Waals surface area contributed by atoms with E-state index in [1.54, 1.807) is 7.11 Å². The Kier molecular flexibility index (Phi) is 5.58. The molecule has 30 heavy (non-hydrogen) atoms. The molecule has 2 aromatic carbocycles. The Balaban J connectivity index is 1.75. The van der Waals surface area contributed by atoms with Crippen LogP contribution in [0.4, 0.5) is 5.82 Å². The van der Waals surface area contributed by atoms with Gasteiger partial charge in [-0.3, -0.25) is 0 Å². The van der Waals surface area contributed by atoms with Crippen molar-refractivity contribution >= 4 is 5.82 Å². The molecule has 0 radical (unpaired) electrons. The van der Waals surface area contributed by atoms with E-state index in [4.69, 9.17) is 15.2 Å². The maximum Gasteiger partial charge on any atom is 0.142 e. The van der Waals surface area contributed by atoms with Crippen LogP contribution in [0.3, 0.4) is 0 Å². The highest BCUT2D eigenvalue weighted by Crippen LogP contribution is 2.37. The minimum absolute atomic E-state index is 0.307. The maximum absolute atomic E-state index is 9.79. The minimum Gasteiger partial charge on any atom is -0.496 e. The topological polar surface area (TPSA) is 81.2 Å². The van der Waals surface area contributed by atoms with Crippen LogP contribution in [0, 0.1) is 18.3 Å². The van der Waals surface area contributed by atoms with Crippen molar-refractivity contribution in [2.45, 2.75) is 39.2 Å². The summed E-state index contributed by atoms with van der Waals surface area (Å²) in [6.45, 7) is 2.41. The van der Waals surface area contributed by atoms with E-state index in [1.807, 2.05) is 49.4 Å². The standard InChI is InChI=1S/C25H25N3O2/c1-16-7-10-19(11-8-16)30-15-18-13-17(9-12-23(18)29-2)24-20-5-3-4-6-22(20)28-25(27)21(24)14-26/h7-13H,3-6,15H2,1-2H3,(H2,27,28). The third kappa shape index (κ3) is 3.81. The van der Waals surface area contributed by atoms with E-state index < -0.39 is 0 Å². The summed E-state index contributed by atoms with van der Waals surface area (Å²) < 4.78 is 11.5. The number of nitrogens with two attached hydrogens (primary N) is 1. The van der Waals surface area contributed by atoms with Gasteiger partial charge in [0.25, 0.3) is 0 Å². The number of fused-ring (bicyclic) bond motifs is 1. The lowest BCUT2D eigenvalue weighted by Crippen LogP contribution is -2.12. The van der Waals surface area contributed by atoms with Gasteiger partial charge in [0.1, 0.15) is 35.6 Å². The van der Waals surface area contributed by atoms with E-state index in [2.05, 4.69) is 11.1 Å². The van der Waals surface area contributed by atoms with Crippen LogP contribution in [0.15, 0.2) is 42.5 Å². The number of hydrogen-bond donors (Lipinski definition) is 1. The molecule has 0 atom stereocenters. The van der Waals surface area contributed by atoms with Crippen LogP contribution in [-0.2, 0) is 19.4 Å². The molecule has 3 aromatic rings. The van der Waals surface area contributed by atoms with Crippen LogP contribution in [-0.4, -0.2) is 12.1 Å². The number of anilines is 1. The van der Waals surface area contributed by atoms with Crippen molar-refractivity contribution in [3.05, 3.63) is 70.4 Å². The van der Waals surface area contributed by atoms with E-state index in [-0.39, 0.29) is 0 Å². The number of methoxy groups -OCH3 is 1. The summed E-state index contributed by atoms with van der Waals surface area (Å²) in [6, 6.07) is 16.2. The van der Waals surface area contributed by atoms with Crippen molar-refractivity contribution in [1.82, 2.24) is 4.98 Å². The number of pyridine rings is 1. The summed E-state index contributed by atoms with van der Waals surface area (Å²) in [5, 5.41) is 9.79. The predicted octanol–water partition coefficient (Wildman–Crippen LogP) is 4.98. The summed E-state index contributed by atoms with van der Waals surface area (Å²) in [7, 11) is 1.65. The van der Waals surface area contributed by atoms with Crippen molar-refractivity contribution in [1.29, 1.82) is 5.26 Å². The number of benzene rings is 2. The van der Waals surface area contributed by atoms with Crippen molar-refractivity contribution in [2.24, 2.45) is 0 Å². The molecule has 1 aliphatic rings. The molecule has 0 bridgehead atoms. The first-order valence-corrected chi connectivity index (χ1v) is 10.2. The third-order valence-electron chi connectivity index (χ3n) is 5.60. The Morgan fingerprint density at radius 1 is 1.10 bits per heavy atom. The molecule has 152 valence electrons. The lowest BCUT2D eigenvalue weighted by Gasteiger charge is -2.21. The highest BCUT2D eigenvalue weighted by molar-refractivity contribution is 5.80. The number of hydrogen-bond acceptors (Lipinski definition) is 5. The molecule has 4 rings (SSSR count). The molecule has 1 aliphatic carbocycles. The molecule has 5 nitrogen and oxygen atoms in total. The lowest BCUT2D eigenvalue weighted by atomic mass is 9.86. The molecule has 1 heterocycles. The van der Waals surface area contributed by atoms with E-state index in [9.17, 15) is 5.26 Å². The SMILES string of the molecule is COc1ccc(-c2c(C#N)c(N)nc3c2CCCC3)cc1COc1ccc(C)cc1.